The molecule has 0 radical (unpaired) electrons. The van der Waals surface area contributed by atoms with Crippen LogP contribution in [0, 0.1) is 11.3 Å². The zero-order valence-electron chi connectivity index (χ0n) is 19.4. The summed E-state index contributed by atoms with van der Waals surface area (Å²) in [5, 5.41) is 32.6. The number of fused-ring (bicyclic) bond motifs is 2. The molecule has 6 rings (SSSR count). The highest BCUT2D eigenvalue weighted by molar-refractivity contribution is 7.15. The number of rotatable bonds is 5. The molecule has 2 aliphatic heterocycles. The maximum absolute atomic E-state index is 15.8. The summed E-state index contributed by atoms with van der Waals surface area (Å²) < 4.78 is 15.8. The highest BCUT2D eigenvalue weighted by Gasteiger charge is 2.52. The van der Waals surface area contributed by atoms with E-state index in [-0.39, 0.29) is 17.8 Å². The molecule has 2 bridgehead atoms. The van der Waals surface area contributed by atoms with E-state index in [0.29, 0.717) is 38.7 Å². The van der Waals surface area contributed by atoms with Crippen LogP contribution in [-0.4, -0.2) is 55.1 Å². The Morgan fingerprint density at radius 2 is 2.09 bits per heavy atom. The summed E-state index contributed by atoms with van der Waals surface area (Å²) in [6, 6.07) is 7.54. The predicted molar refractivity (Wildman–Crippen MR) is 131 cm³/mol. The van der Waals surface area contributed by atoms with Crippen LogP contribution in [0.3, 0.4) is 0 Å². The maximum atomic E-state index is 15.8. The van der Waals surface area contributed by atoms with Crippen molar-refractivity contribution in [1.82, 2.24) is 25.5 Å². The first kappa shape index (κ1) is 22.3. The Morgan fingerprint density at radius 1 is 1.23 bits per heavy atom. The Morgan fingerprint density at radius 3 is 2.77 bits per heavy atom. The fourth-order valence-electron chi connectivity index (χ4n) is 5.60. The number of hydrogen-bond acceptors (Lipinski definition) is 9. The van der Waals surface area contributed by atoms with Gasteiger partial charge in [0.1, 0.15) is 33.6 Å². The van der Waals surface area contributed by atoms with Crippen molar-refractivity contribution in [3.63, 3.8) is 0 Å². The molecule has 1 unspecified atom stereocenters. The minimum absolute atomic E-state index is 0.0297. The number of phenolic OH excluding ortho intramolecular Hbond substituents is 1. The number of alkyl halides is 1. The minimum atomic E-state index is -1.01. The molecule has 1 aromatic carbocycles. The first-order chi connectivity index (χ1) is 16.9. The van der Waals surface area contributed by atoms with Crippen LogP contribution < -0.4 is 10.2 Å². The van der Waals surface area contributed by atoms with E-state index >= 15 is 4.39 Å². The lowest BCUT2D eigenvalue weighted by atomic mass is 9.73. The quantitative estimate of drug-likeness (QED) is 0.546. The number of nitriles is 1. The van der Waals surface area contributed by atoms with Gasteiger partial charge in [-0.1, -0.05) is 6.07 Å². The summed E-state index contributed by atoms with van der Waals surface area (Å²) >= 11 is 1.27. The first-order valence-electron chi connectivity index (χ1n) is 12.0. The fourth-order valence-corrected chi connectivity index (χ4v) is 6.31. The molecule has 8 nitrogen and oxygen atoms in total. The summed E-state index contributed by atoms with van der Waals surface area (Å²) in [6.45, 7) is 2.00. The van der Waals surface area contributed by atoms with Gasteiger partial charge in [0.05, 0.1) is 18.4 Å². The zero-order valence-corrected chi connectivity index (χ0v) is 20.2. The number of piperidine rings is 2. The van der Waals surface area contributed by atoms with Gasteiger partial charge in [0, 0.05) is 28.7 Å². The summed E-state index contributed by atoms with van der Waals surface area (Å²) in [5.41, 5.74) is 1.15. The smallest absolute Gasteiger partial charge is 0.245 e. The number of nitrogens with one attached hydrogen (secondary N) is 1. The monoisotopic (exact) mass is 491 g/mol. The molecule has 10 heteroatoms. The molecule has 1 saturated carbocycles. The first-order valence-corrected chi connectivity index (χ1v) is 12.9. The van der Waals surface area contributed by atoms with Crippen molar-refractivity contribution < 1.29 is 9.50 Å². The molecular weight excluding hydrogens is 465 g/mol. The van der Waals surface area contributed by atoms with Gasteiger partial charge in [-0.2, -0.15) is 5.26 Å². The van der Waals surface area contributed by atoms with E-state index in [0.717, 1.165) is 38.5 Å². The van der Waals surface area contributed by atoms with Gasteiger partial charge in [0.15, 0.2) is 0 Å². The lowest BCUT2D eigenvalue weighted by Crippen LogP contribution is -2.69. The molecule has 0 spiro atoms. The van der Waals surface area contributed by atoms with E-state index < -0.39 is 11.7 Å². The van der Waals surface area contributed by atoms with E-state index in [9.17, 15) is 5.11 Å². The van der Waals surface area contributed by atoms with Crippen molar-refractivity contribution in [2.75, 3.05) is 4.90 Å². The number of thiazole rings is 1. The van der Waals surface area contributed by atoms with E-state index in [1.807, 2.05) is 13.0 Å². The molecular formula is C25H26FN7OS. The second-order valence-electron chi connectivity index (χ2n) is 10.0. The van der Waals surface area contributed by atoms with Crippen molar-refractivity contribution in [3.8, 4) is 33.6 Å². The van der Waals surface area contributed by atoms with Gasteiger partial charge in [-0.3, -0.25) is 0 Å². The number of anilines is 1. The lowest BCUT2D eigenvalue weighted by Gasteiger charge is -2.52. The van der Waals surface area contributed by atoms with Crippen LogP contribution in [0.4, 0.5) is 10.3 Å². The van der Waals surface area contributed by atoms with Gasteiger partial charge in [-0.05, 0) is 57.6 Å². The Balaban J connectivity index is 1.26. The van der Waals surface area contributed by atoms with Crippen molar-refractivity contribution in [2.45, 2.75) is 75.3 Å². The van der Waals surface area contributed by atoms with Gasteiger partial charge in [0.2, 0.25) is 5.95 Å². The Bertz CT molecular complexity index is 1290. The Hall–Kier alpha value is -3.16. The van der Waals surface area contributed by atoms with Crippen LogP contribution in [0.2, 0.25) is 0 Å². The van der Waals surface area contributed by atoms with E-state index in [4.69, 9.17) is 5.26 Å². The SMILES string of the molecule is C[C@@]12CCCC(C[C@H](N(c3ncc(-c4ccc(-c5ncc(C#N)s5)cc4O)nn3)C3CC3)[C@@H]1F)N2. The molecule has 2 N–H and O–H groups in total. The molecule has 35 heavy (non-hydrogen) atoms. The molecule has 180 valence electrons. The molecule has 0 amide bonds. The van der Waals surface area contributed by atoms with Crippen LogP contribution in [0.1, 0.15) is 50.3 Å². The van der Waals surface area contributed by atoms with Gasteiger partial charge in [0.25, 0.3) is 0 Å². The average molecular weight is 492 g/mol. The second kappa shape index (κ2) is 8.50. The van der Waals surface area contributed by atoms with Gasteiger partial charge in [-0.15, -0.1) is 21.5 Å². The van der Waals surface area contributed by atoms with Crippen LogP contribution in [-0.2, 0) is 0 Å². The van der Waals surface area contributed by atoms with Gasteiger partial charge in [-0.25, -0.2) is 14.4 Å². The fraction of sp³-hybridized carbons (Fsp3) is 0.480. The van der Waals surface area contributed by atoms with Gasteiger partial charge >= 0.3 is 0 Å². The normalized spacial score (nSPS) is 27.9. The average Bonchev–Trinajstić information content (AvgIpc) is 3.57. The highest BCUT2D eigenvalue weighted by Crippen LogP contribution is 2.42. The third-order valence-corrected chi connectivity index (χ3v) is 8.42. The molecule has 3 aliphatic rings. The van der Waals surface area contributed by atoms with Crippen molar-refractivity contribution in [3.05, 3.63) is 35.5 Å². The van der Waals surface area contributed by atoms with Crippen molar-refractivity contribution in [1.29, 1.82) is 5.26 Å². The van der Waals surface area contributed by atoms with Crippen LogP contribution in [0.15, 0.2) is 30.6 Å². The second-order valence-corrected chi connectivity index (χ2v) is 11.0. The zero-order chi connectivity index (χ0) is 24.2. The number of hydrogen-bond donors (Lipinski definition) is 2. The molecule has 4 heterocycles. The standard InChI is InChI=1S/C25H26FN7OS/c1-25-8-2-3-15(30-25)10-20(22(25)26)33(16-5-6-16)24-29-13-19(31-32-24)18-7-4-14(9-21(18)34)23-28-12-17(11-27)35-23/h4,7,9,12-13,15-16,20,22,30,34H,2-3,5-6,8,10H2,1H3/t15?,20-,22-,25+/m0/s1. The highest BCUT2D eigenvalue weighted by atomic mass is 32.1. The Labute approximate surface area is 206 Å². The maximum Gasteiger partial charge on any atom is 0.245 e. The van der Waals surface area contributed by atoms with Gasteiger partial charge < -0.3 is 15.3 Å². The topological polar surface area (TPSA) is 111 Å². The summed E-state index contributed by atoms with van der Waals surface area (Å²) in [6.07, 6.45) is 7.84. The molecule has 1 aliphatic carbocycles. The largest absolute Gasteiger partial charge is 0.507 e. The third kappa shape index (κ3) is 4.02. The molecule has 2 aromatic heterocycles. The van der Waals surface area contributed by atoms with Crippen LogP contribution in [0.25, 0.3) is 21.8 Å². The number of aromatic nitrogens is 4. The number of halogens is 1. The van der Waals surface area contributed by atoms with E-state index in [1.165, 1.54) is 17.5 Å². The number of phenols is 1. The number of aromatic hydroxyl groups is 1. The van der Waals surface area contributed by atoms with Crippen LogP contribution >= 0.6 is 11.3 Å². The summed E-state index contributed by atoms with van der Waals surface area (Å²) in [5.74, 6) is 0.484. The lowest BCUT2D eigenvalue weighted by molar-refractivity contribution is 0.0383. The van der Waals surface area contributed by atoms with Crippen molar-refractivity contribution >= 4 is 17.3 Å². The predicted octanol–water partition coefficient (Wildman–Crippen LogP) is 4.22. The van der Waals surface area contributed by atoms with Crippen LogP contribution in [0.5, 0.6) is 5.75 Å². The van der Waals surface area contributed by atoms with E-state index in [1.54, 1.807) is 18.3 Å². The van der Waals surface area contributed by atoms with E-state index in [2.05, 4.69) is 36.5 Å². The molecule has 4 atom stereocenters. The van der Waals surface area contributed by atoms with Crippen molar-refractivity contribution in [2.24, 2.45) is 0 Å². The molecule has 2 saturated heterocycles. The third-order valence-electron chi connectivity index (χ3n) is 7.47. The molecule has 3 fully saturated rings. The Kier molecular flexibility index (Phi) is 5.42. The summed E-state index contributed by atoms with van der Waals surface area (Å²) in [7, 11) is 0. The number of benzene rings is 1. The molecule has 3 aromatic rings. The number of nitrogens with zero attached hydrogens (tertiary/aromatic N) is 6. The summed E-state index contributed by atoms with van der Waals surface area (Å²) in [4.78, 5) is 11.4. The minimum Gasteiger partial charge on any atom is -0.507 e.